The molecule has 1 unspecified atom stereocenters. The highest BCUT2D eigenvalue weighted by Crippen LogP contribution is 2.24. The molecule has 2 aromatic rings. The Hall–Kier alpha value is -1.26. The maximum absolute atomic E-state index is 5.61. The molecule has 1 aromatic carbocycles. The van der Waals surface area contributed by atoms with Crippen LogP contribution >= 0.6 is 15.9 Å². The summed E-state index contributed by atoms with van der Waals surface area (Å²) in [5.74, 6) is 2.77. The van der Waals surface area contributed by atoms with Crippen LogP contribution in [0.2, 0.25) is 0 Å². The summed E-state index contributed by atoms with van der Waals surface area (Å²) in [6.45, 7) is 4.76. The van der Waals surface area contributed by atoms with Gasteiger partial charge >= 0.3 is 0 Å². The smallest absolute Gasteiger partial charge is 0.123 e. The number of rotatable bonds is 5. The topological polar surface area (TPSA) is 34.4 Å². The van der Waals surface area contributed by atoms with Crippen molar-refractivity contribution in [3.63, 3.8) is 0 Å². The molecule has 1 heterocycles. The van der Waals surface area contributed by atoms with Gasteiger partial charge in [-0.2, -0.15) is 0 Å². The normalized spacial score (nSPS) is 12.4. The van der Waals surface area contributed by atoms with Crippen molar-refractivity contribution >= 4 is 15.9 Å². The fourth-order valence-electron chi connectivity index (χ4n) is 1.94. The van der Waals surface area contributed by atoms with Crippen LogP contribution in [0.1, 0.15) is 30.0 Å². The highest BCUT2D eigenvalue weighted by atomic mass is 79.9. The monoisotopic (exact) mass is 323 g/mol. The number of furan rings is 1. The van der Waals surface area contributed by atoms with E-state index in [4.69, 9.17) is 9.15 Å². The third-order valence-corrected chi connectivity index (χ3v) is 3.52. The van der Waals surface area contributed by atoms with Crippen molar-refractivity contribution in [1.82, 2.24) is 5.32 Å². The highest BCUT2D eigenvalue weighted by Gasteiger charge is 2.10. The van der Waals surface area contributed by atoms with Crippen LogP contribution in [-0.2, 0) is 6.54 Å². The fourth-order valence-corrected chi connectivity index (χ4v) is 2.34. The van der Waals surface area contributed by atoms with Gasteiger partial charge in [-0.1, -0.05) is 15.9 Å². The Morgan fingerprint density at radius 1 is 1.32 bits per heavy atom. The summed E-state index contributed by atoms with van der Waals surface area (Å²) in [4.78, 5) is 0. The molecule has 2 rings (SSSR count). The van der Waals surface area contributed by atoms with Crippen LogP contribution in [0.3, 0.4) is 0 Å². The zero-order chi connectivity index (χ0) is 13.8. The van der Waals surface area contributed by atoms with Gasteiger partial charge in [-0.25, -0.2) is 0 Å². The van der Waals surface area contributed by atoms with Crippen molar-refractivity contribution in [2.75, 3.05) is 7.11 Å². The molecule has 1 atom stereocenters. The Bertz CT molecular complexity index is 551. The van der Waals surface area contributed by atoms with Gasteiger partial charge in [0.05, 0.1) is 13.2 Å². The van der Waals surface area contributed by atoms with E-state index in [0.717, 1.165) is 33.9 Å². The largest absolute Gasteiger partial charge is 0.496 e. The van der Waals surface area contributed by atoms with Crippen LogP contribution in [0.25, 0.3) is 0 Å². The lowest BCUT2D eigenvalue weighted by atomic mass is 10.2. The van der Waals surface area contributed by atoms with Gasteiger partial charge in [-0.15, -0.1) is 0 Å². The number of ether oxygens (including phenoxy) is 1. The van der Waals surface area contributed by atoms with Crippen LogP contribution in [0, 0.1) is 6.92 Å². The van der Waals surface area contributed by atoms with Crippen LogP contribution in [0.4, 0.5) is 0 Å². The summed E-state index contributed by atoms with van der Waals surface area (Å²) in [6.07, 6.45) is 0. The summed E-state index contributed by atoms with van der Waals surface area (Å²) >= 11 is 3.48. The second-order valence-corrected chi connectivity index (χ2v) is 5.42. The molecule has 19 heavy (non-hydrogen) atoms. The lowest BCUT2D eigenvalue weighted by molar-refractivity contribution is 0.395. The maximum Gasteiger partial charge on any atom is 0.123 e. The lowest BCUT2D eigenvalue weighted by Crippen LogP contribution is -2.18. The van der Waals surface area contributed by atoms with Crippen molar-refractivity contribution in [1.29, 1.82) is 0 Å². The minimum Gasteiger partial charge on any atom is -0.496 e. The summed E-state index contributed by atoms with van der Waals surface area (Å²) in [6, 6.07) is 10.1. The van der Waals surface area contributed by atoms with Crippen LogP contribution in [0.15, 0.2) is 39.2 Å². The van der Waals surface area contributed by atoms with E-state index in [-0.39, 0.29) is 6.04 Å². The number of benzene rings is 1. The van der Waals surface area contributed by atoms with Gasteiger partial charge in [0.2, 0.25) is 0 Å². The molecule has 0 saturated carbocycles. The van der Waals surface area contributed by atoms with Gasteiger partial charge in [-0.3, -0.25) is 0 Å². The van der Waals surface area contributed by atoms with Crippen molar-refractivity contribution in [2.24, 2.45) is 0 Å². The lowest BCUT2D eigenvalue weighted by Gasteiger charge is -2.14. The Labute approximate surface area is 122 Å². The first-order valence-corrected chi connectivity index (χ1v) is 7.01. The zero-order valence-corrected chi connectivity index (χ0v) is 13.0. The number of aryl methyl sites for hydroxylation is 1. The molecule has 4 heteroatoms. The Morgan fingerprint density at radius 2 is 2.11 bits per heavy atom. The molecule has 0 bridgehead atoms. The van der Waals surface area contributed by atoms with Crippen molar-refractivity contribution in [2.45, 2.75) is 26.4 Å². The predicted molar refractivity (Wildman–Crippen MR) is 79.4 cm³/mol. The van der Waals surface area contributed by atoms with Gasteiger partial charge in [0, 0.05) is 16.6 Å². The van der Waals surface area contributed by atoms with Gasteiger partial charge in [0.15, 0.2) is 0 Å². The molecule has 0 amide bonds. The molecular formula is C15H18BrNO2. The number of hydrogen-bond acceptors (Lipinski definition) is 3. The van der Waals surface area contributed by atoms with Crippen molar-refractivity contribution in [3.05, 3.63) is 51.9 Å². The number of halogens is 1. The van der Waals surface area contributed by atoms with E-state index in [1.54, 1.807) is 7.11 Å². The fraction of sp³-hybridized carbons (Fsp3) is 0.333. The number of methoxy groups -OCH3 is 1. The predicted octanol–water partition coefficient (Wildman–Crippen LogP) is 4.21. The average molecular weight is 324 g/mol. The third-order valence-electron chi connectivity index (χ3n) is 3.03. The van der Waals surface area contributed by atoms with E-state index in [1.165, 1.54) is 0 Å². The zero-order valence-electron chi connectivity index (χ0n) is 11.4. The Balaban J connectivity index is 2.04. The molecule has 0 aliphatic carbocycles. The average Bonchev–Trinajstić information content (AvgIpc) is 2.83. The minimum atomic E-state index is 0.164. The number of nitrogens with one attached hydrogen (secondary N) is 1. The summed E-state index contributed by atoms with van der Waals surface area (Å²) in [7, 11) is 1.69. The summed E-state index contributed by atoms with van der Waals surface area (Å²) in [5, 5.41) is 3.44. The van der Waals surface area contributed by atoms with E-state index in [1.807, 2.05) is 31.2 Å². The summed E-state index contributed by atoms with van der Waals surface area (Å²) < 4.78 is 12.0. The molecule has 1 aromatic heterocycles. The van der Waals surface area contributed by atoms with E-state index < -0.39 is 0 Å². The standard InChI is InChI=1S/C15H18BrNO2/c1-10-4-6-14(19-10)11(2)17-9-12-8-13(16)5-7-15(12)18-3/h4-8,11,17H,9H2,1-3H3. The molecule has 102 valence electrons. The summed E-state index contributed by atoms with van der Waals surface area (Å²) in [5.41, 5.74) is 1.12. The Morgan fingerprint density at radius 3 is 2.74 bits per heavy atom. The van der Waals surface area contributed by atoms with Gasteiger partial charge in [0.25, 0.3) is 0 Å². The first-order chi connectivity index (χ1) is 9.10. The highest BCUT2D eigenvalue weighted by molar-refractivity contribution is 9.10. The van der Waals surface area contributed by atoms with E-state index in [0.29, 0.717) is 0 Å². The number of hydrogen-bond donors (Lipinski definition) is 1. The van der Waals surface area contributed by atoms with Crippen LogP contribution < -0.4 is 10.1 Å². The van der Waals surface area contributed by atoms with Crippen LogP contribution in [-0.4, -0.2) is 7.11 Å². The molecule has 0 fully saturated rings. The molecule has 0 spiro atoms. The van der Waals surface area contributed by atoms with Crippen molar-refractivity contribution < 1.29 is 9.15 Å². The Kier molecular flexibility index (Phi) is 4.66. The van der Waals surface area contributed by atoms with E-state index in [9.17, 15) is 0 Å². The molecule has 0 aliphatic heterocycles. The minimum absolute atomic E-state index is 0.164. The SMILES string of the molecule is COc1ccc(Br)cc1CNC(C)c1ccc(C)o1. The van der Waals surface area contributed by atoms with Crippen LogP contribution in [0.5, 0.6) is 5.75 Å². The molecular weight excluding hydrogens is 306 g/mol. The van der Waals surface area contributed by atoms with E-state index in [2.05, 4.69) is 34.2 Å². The first-order valence-electron chi connectivity index (χ1n) is 6.22. The maximum atomic E-state index is 5.61. The van der Waals surface area contributed by atoms with Gasteiger partial charge < -0.3 is 14.5 Å². The van der Waals surface area contributed by atoms with E-state index >= 15 is 0 Å². The molecule has 3 nitrogen and oxygen atoms in total. The molecule has 0 aliphatic rings. The quantitative estimate of drug-likeness (QED) is 0.895. The molecule has 1 N–H and O–H groups in total. The molecule has 0 saturated heterocycles. The second kappa shape index (κ2) is 6.26. The van der Waals surface area contributed by atoms with Crippen molar-refractivity contribution in [3.8, 4) is 5.75 Å². The third kappa shape index (κ3) is 3.61. The first kappa shape index (κ1) is 14.2. The van der Waals surface area contributed by atoms with Gasteiger partial charge in [0.1, 0.15) is 17.3 Å². The second-order valence-electron chi connectivity index (χ2n) is 4.51. The van der Waals surface area contributed by atoms with Gasteiger partial charge in [-0.05, 0) is 44.2 Å². The molecule has 0 radical (unpaired) electrons.